The molecule has 0 spiro atoms. The number of aromatic amines is 1. The number of ether oxygens (including phenoxy) is 1. The highest BCUT2D eigenvalue weighted by molar-refractivity contribution is 8.76. The number of fused-ring (bicyclic) bond motifs is 4. The summed E-state index contributed by atoms with van der Waals surface area (Å²) in [6.45, 7) is 5.23. The van der Waals surface area contributed by atoms with Gasteiger partial charge in [-0.25, -0.2) is 0 Å². The number of H-pyrrole nitrogens is 1. The van der Waals surface area contributed by atoms with E-state index in [2.05, 4.69) is 31.6 Å². The number of para-hydroxylation sites is 1. The number of halogens is 1. The molecule has 32 heteroatoms. The number of aliphatic hydroxyl groups is 1. The first-order chi connectivity index (χ1) is 49.7. The Bertz CT molecular complexity index is 3890. The zero-order chi connectivity index (χ0) is 75.1. The molecular formula is C72H90ClN11O17S3. The van der Waals surface area contributed by atoms with Crippen molar-refractivity contribution in [3.05, 3.63) is 124 Å². The molecule has 5 aromatic rings. The fourth-order valence-electron chi connectivity index (χ4n) is 13.2. The van der Waals surface area contributed by atoms with Crippen LogP contribution in [0.2, 0.25) is 5.02 Å². The van der Waals surface area contributed by atoms with E-state index < -0.39 is 133 Å². The third-order valence-corrected chi connectivity index (χ3v) is 21.4. The average molecular weight is 1510 g/mol. The Balaban J connectivity index is 1.04. The van der Waals surface area contributed by atoms with Crippen molar-refractivity contribution in [1.82, 2.24) is 50.8 Å². The number of aromatic hydroxyl groups is 1. The molecule has 3 aromatic carbocycles. The lowest BCUT2D eigenvalue weighted by atomic mass is 9.90. The van der Waals surface area contributed by atoms with Crippen LogP contribution in [0.3, 0.4) is 0 Å². The number of nitrogens with zero attached hydrogens (tertiary/aromatic N) is 5. The Labute approximate surface area is 620 Å². The van der Waals surface area contributed by atoms with Crippen molar-refractivity contribution in [2.24, 2.45) is 23.7 Å². The molecule has 0 saturated carbocycles. The second kappa shape index (κ2) is 39.5. The summed E-state index contributed by atoms with van der Waals surface area (Å²) < 4.78 is 5.31. The maximum Gasteiger partial charge on any atom is 0.317 e. The van der Waals surface area contributed by atoms with Crippen LogP contribution in [0.25, 0.3) is 10.9 Å². The van der Waals surface area contributed by atoms with E-state index >= 15 is 14.4 Å². The number of amides is 4. The van der Waals surface area contributed by atoms with Crippen molar-refractivity contribution in [1.29, 1.82) is 0 Å². The first-order valence-corrected chi connectivity index (χ1v) is 37.7. The second-order valence-corrected chi connectivity index (χ2v) is 30.5. The third-order valence-electron chi connectivity index (χ3n) is 18.3. The number of carbonyl (C=O) groups is 11. The number of hydrogen-bond donors (Lipinski definition) is 11. The van der Waals surface area contributed by atoms with Gasteiger partial charge < -0.3 is 66.7 Å². The molecule has 3 aliphatic heterocycles. The van der Waals surface area contributed by atoms with E-state index in [1.54, 1.807) is 53.3 Å². The summed E-state index contributed by atoms with van der Waals surface area (Å²) in [5.74, 6) is -11.1. The average Bonchev–Trinajstić information content (AvgIpc) is 1.67. The Morgan fingerprint density at radius 3 is 2.24 bits per heavy atom. The van der Waals surface area contributed by atoms with Gasteiger partial charge in [0.05, 0.1) is 54.2 Å². The summed E-state index contributed by atoms with van der Waals surface area (Å²) in [7, 11) is 2.42. The number of aliphatic hydroxyl groups excluding tert-OH is 1. The molecule has 4 amide bonds. The number of carboxylic acid groups (broad SMARTS) is 3. The Kier molecular flexibility index (Phi) is 30.8. The largest absolute Gasteiger partial charge is 0.506 e. The number of ketones is 3. The van der Waals surface area contributed by atoms with Crippen LogP contribution in [-0.2, 0) is 89.8 Å². The van der Waals surface area contributed by atoms with E-state index in [-0.39, 0.29) is 130 Å². The molecule has 8 rings (SSSR count). The zero-order valence-corrected chi connectivity index (χ0v) is 61.2. The molecule has 560 valence electrons. The van der Waals surface area contributed by atoms with Crippen LogP contribution in [0.4, 0.5) is 5.69 Å². The number of phenols is 1. The minimum absolute atomic E-state index is 0.00802. The van der Waals surface area contributed by atoms with Crippen molar-refractivity contribution in [2.45, 2.75) is 134 Å². The van der Waals surface area contributed by atoms with Gasteiger partial charge in [-0.1, -0.05) is 89.5 Å². The molecule has 2 fully saturated rings. The van der Waals surface area contributed by atoms with Crippen molar-refractivity contribution in [3.63, 3.8) is 0 Å². The highest BCUT2D eigenvalue weighted by Crippen LogP contribution is 2.31. The summed E-state index contributed by atoms with van der Waals surface area (Å²) in [6.07, 6.45) is -1.29. The van der Waals surface area contributed by atoms with E-state index in [4.69, 9.17) is 33.5 Å². The number of phenolic OH excluding ortho intramolecular Hbond substituents is 1. The Morgan fingerprint density at radius 1 is 0.827 bits per heavy atom. The maximum atomic E-state index is 15.2. The number of hydrogen-bond acceptors (Lipinski definition) is 21. The molecule has 2 saturated heterocycles. The highest BCUT2D eigenvalue weighted by atomic mass is 35.5. The molecule has 3 aliphatic rings. The summed E-state index contributed by atoms with van der Waals surface area (Å²) in [4.78, 5) is 164. The van der Waals surface area contributed by atoms with E-state index in [1.807, 2.05) is 55.1 Å². The predicted octanol–water partition coefficient (Wildman–Crippen LogP) is 4.99. The van der Waals surface area contributed by atoms with Gasteiger partial charge in [-0.2, -0.15) is 0 Å². The number of carbonyl (C=O) groups excluding carboxylic acids is 8. The van der Waals surface area contributed by atoms with Gasteiger partial charge in [-0.3, -0.25) is 72.4 Å². The number of Topliss-reactive ketones (excluding diaryl/α,β-unsaturated/α-hetero) is 3. The normalized spacial score (nSPS) is 21.8. The number of aromatic nitrogens is 2. The molecule has 2 bridgehead atoms. The number of carboxylic acids is 3. The number of rotatable bonds is 25. The highest BCUT2D eigenvalue weighted by Gasteiger charge is 2.43. The van der Waals surface area contributed by atoms with Crippen LogP contribution in [0.15, 0.2) is 91.1 Å². The van der Waals surface area contributed by atoms with Crippen LogP contribution < -0.4 is 26.6 Å². The van der Waals surface area contributed by atoms with Crippen LogP contribution in [-0.4, -0.2) is 226 Å². The molecule has 9 atom stereocenters. The standard InChI is InChI=1S/C72H90ClN11O17S3/c1-42(2)21-47-25-54(86)31-75-68(97)48(22-45-13-17-62(88)57(73)24-45)28-64(90)61-29-55(87)35-84(61)71(100)60(39-104-103-38-43(3)76-70(47)99)79-69(98)46(14-18-65(91)92)27-63(89)59(26-49-30-74-58-10-5-4-9-56(49)58)80-72(102)78-50-15-11-44(12-16-50)23-53-34-82(37-67(95)96)20-19-81(36-66(93)94)32-51-7-6-8-52(77-51)33-83(53)40-101-41-85/h4-13,15-17,24,30,41-43,46-48,53,55,59-61,74,87-88H,14,18-23,25-29,31-40H2,1-3H3,(H,75,97)(H,76,99)(H,79,98)(H,91,92)(H,93,94)(H,95,96)(H2,78,80,102)/t43-,46+,47-,48-,53+,55-,59+,60+,61+/m1/s1. The van der Waals surface area contributed by atoms with Crippen LogP contribution in [0.1, 0.15) is 93.8 Å². The van der Waals surface area contributed by atoms with Gasteiger partial charge in [0, 0.05) is 142 Å². The van der Waals surface area contributed by atoms with Crippen LogP contribution in [0.5, 0.6) is 5.75 Å². The predicted molar refractivity (Wildman–Crippen MR) is 394 cm³/mol. The van der Waals surface area contributed by atoms with Crippen molar-refractivity contribution in [3.8, 4) is 5.75 Å². The Hall–Kier alpha value is -8.56. The topological polar surface area (TPSA) is 400 Å². The third kappa shape index (κ3) is 25.1. The maximum absolute atomic E-state index is 15.2. The van der Waals surface area contributed by atoms with Gasteiger partial charge in [-0.05, 0) is 110 Å². The molecule has 28 nitrogen and oxygen atoms in total. The van der Waals surface area contributed by atoms with E-state index in [0.29, 0.717) is 47.5 Å². The van der Waals surface area contributed by atoms with Crippen LogP contribution in [0, 0.1) is 23.7 Å². The van der Waals surface area contributed by atoms with Crippen molar-refractivity contribution in [2.75, 3.05) is 69.4 Å². The second-order valence-electron chi connectivity index (χ2n) is 27.1. The smallest absolute Gasteiger partial charge is 0.317 e. The quantitative estimate of drug-likeness (QED) is 0.0208. The van der Waals surface area contributed by atoms with Gasteiger partial charge in [0.2, 0.25) is 23.6 Å². The lowest BCUT2D eigenvalue weighted by Crippen LogP contribution is -2.54. The van der Waals surface area contributed by atoms with Gasteiger partial charge in [-0.15, -0.1) is 0 Å². The molecule has 5 heterocycles. The lowest BCUT2D eigenvalue weighted by Gasteiger charge is -2.36. The van der Waals surface area contributed by atoms with E-state index in [0.717, 1.165) is 32.2 Å². The minimum atomic E-state index is -1.45. The zero-order valence-electron chi connectivity index (χ0n) is 58.0. The van der Waals surface area contributed by atoms with E-state index in [9.17, 15) is 63.9 Å². The fraction of sp³-hybridized carbons (Fsp3) is 0.486. The number of nitrogens with one attached hydrogen (secondary N) is 6. The monoisotopic (exact) mass is 1510 g/mol. The number of anilines is 1. The summed E-state index contributed by atoms with van der Waals surface area (Å²) in [5.41, 5.74) is 4.38. The first-order valence-electron chi connectivity index (χ1n) is 34.4. The molecule has 104 heavy (non-hydrogen) atoms. The number of aliphatic carboxylic acids is 3. The molecule has 11 N–H and O–H groups in total. The van der Waals surface area contributed by atoms with Crippen molar-refractivity contribution < 1.29 is 83.0 Å². The van der Waals surface area contributed by atoms with Gasteiger partial charge >= 0.3 is 17.9 Å². The van der Waals surface area contributed by atoms with E-state index in [1.165, 1.54) is 29.0 Å². The summed E-state index contributed by atoms with van der Waals surface area (Å²) >= 11 is 12.2. The SMILES string of the molecule is CC(C)C[C@@H]1CC(=O)CNC(=O)[C@H](Cc2ccc(O)c(Cl)c2)CC(=O)[C@@H]2C[C@@H](O)CN2C(=O)[C@@H](NC(=O)[C@@H](CCC(=O)O)CC(=O)[C@H](Cc2c[nH]c3ccccc23)NC(=S)Nc2ccc(C[C@H]3CN(CC(=O)O)CCN(CC(=O)O)Cc4cccc(n4)CN3COC=O)cc2)CSSC[C@@H](C)NC1=O. The fourth-order valence-corrected chi connectivity index (χ4v) is 16.1. The van der Waals surface area contributed by atoms with Crippen LogP contribution >= 0.6 is 45.4 Å². The minimum Gasteiger partial charge on any atom is -0.506 e. The molecule has 0 radical (unpaired) electrons. The molecule has 0 aliphatic carbocycles. The van der Waals surface area contributed by atoms with Gasteiger partial charge in [0.15, 0.2) is 22.5 Å². The molecule has 2 aromatic heterocycles. The summed E-state index contributed by atoms with van der Waals surface area (Å²) in [6, 6.07) is 19.3. The number of pyridine rings is 1. The number of thiocarbonyl (C=S) groups is 1. The molecule has 0 unspecified atom stereocenters. The number of benzene rings is 3. The lowest BCUT2D eigenvalue weighted by molar-refractivity contribution is -0.142. The van der Waals surface area contributed by atoms with Crippen molar-refractivity contribution >= 4 is 132 Å². The summed E-state index contributed by atoms with van der Waals surface area (Å²) in [5, 5.41) is 66.7. The van der Waals surface area contributed by atoms with Gasteiger partial charge in [0.1, 0.15) is 18.5 Å². The Morgan fingerprint density at radius 2 is 1.53 bits per heavy atom. The first kappa shape index (κ1) is 81.1. The molecular weight excluding hydrogens is 1420 g/mol. The van der Waals surface area contributed by atoms with Gasteiger partial charge in [0.25, 0.3) is 6.47 Å².